The highest BCUT2D eigenvalue weighted by Gasteiger charge is 2.25. The van der Waals surface area contributed by atoms with Crippen LogP contribution in [0.15, 0.2) is 66.1 Å². The first-order valence-electron chi connectivity index (χ1n) is 20.1. The quantitative estimate of drug-likeness (QED) is 0.125. The SMILES string of the molecule is CCOC(=O)N1CCC(N)CC1.CCOC(=O)N1CCC(Nc2ncc(C(=O)c3ccccc3C)c(N)n2)CC1.CCS(=O)(=O)c1ncc(C(=O)c2ccccc2C)c(N)n1. The maximum Gasteiger partial charge on any atom is 0.409 e. The van der Waals surface area contributed by atoms with E-state index < -0.39 is 9.84 Å². The van der Waals surface area contributed by atoms with E-state index in [4.69, 9.17) is 26.7 Å². The van der Waals surface area contributed by atoms with Crippen LogP contribution in [0.4, 0.5) is 27.2 Å². The average Bonchev–Trinajstić information content (AvgIpc) is 3.25. The van der Waals surface area contributed by atoms with Gasteiger partial charge in [-0.15, -0.1) is 0 Å². The number of carbonyl (C=O) groups is 4. The largest absolute Gasteiger partial charge is 0.450 e. The normalized spacial score (nSPS) is 14.4. The van der Waals surface area contributed by atoms with Crippen LogP contribution in [0, 0.1) is 13.8 Å². The molecule has 328 valence electrons. The summed E-state index contributed by atoms with van der Waals surface area (Å²) in [5.41, 5.74) is 20.6. The van der Waals surface area contributed by atoms with Gasteiger partial charge in [-0.1, -0.05) is 55.5 Å². The van der Waals surface area contributed by atoms with Gasteiger partial charge in [0.05, 0.1) is 30.1 Å². The maximum atomic E-state index is 12.7. The van der Waals surface area contributed by atoms with Crippen molar-refractivity contribution in [3.63, 3.8) is 0 Å². The molecule has 0 aliphatic carbocycles. The molecule has 0 radical (unpaired) electrons. The van der Waals surface area contributed by atoms with E-state index in [9.17, 15) is 27.6 Å². The summed E-state index contributed by atoms with van der Waals surface area (Å²) in [6.07, 6.45) is 5.44. The third-order valence-electron chi connectivity index (χ3n) is 9.96. The molecule has 0 atom stereocenters. The van der Waals surface area contributed by atoms with Gasteiger partial charge in [-0.05, 0) is 64.5 Å². The van der Waals surface area contributed by atoms with Crippen LogP contribution in [0.25, 0.3) is 0 Å². The smallest absolute Gasteiger partial charge is 0.409 e. The molecule has 61 heavy (non-hydrogen) atoms. The molecule has 4 aromatic rings. The number of hydrogen-bond donors (Lipinski definition) is 4. The minimum Gasteiger partial charge on any atom is -0.450 e. The molecule has 2 aromatic carbocycles. The van der Waals surface area contributed by atoms with Crippen molar-refractivity contribution in [2.24, 2.45) is 5.73 Å². The summed E-state index contributed by atoms with van der Waals surface area (Å²) in [4.78, 5) is 67.5. The molecule has 6 rings (SSSR count). The van der Waals surface area contributed by atoms with E-state index in [1.165, 1.54) is 19.3 Å². The van der Waals surface area contributed by atoms with Crippen LogP contribution in [-0.2, 0) is 19.3 Å². The van der Waals surface area contributed by atoms with Crippen LogP contribution in [0.3, 0.4) is 0 Å². The summed E-state index contributed by atoms with van der Waals surface area (Å²) < 4.78 is 33.3. The van der Waals surface area contributed by atoms with Crippen molar-refractivity contribution >= 4 is 51.2 Å². The Morgan fingerprint density at radius 2 is 1.13 bits per heavy atom. The summed E-state index contributed by atoms with van der Waals surface area (Å²) in [5, 5.41) is 2.88. The molecular weight excluding hydrogens is 805 g/mol. The zero-order chi connectivity index (χ0) is 44.7. The molecule has 18 nitrogen and oxygen atoms in total. The number of likely N-dealkylation sites (tertiary alicyclic amines) is 2. The summed E-state index contributed by atoms with van der Waals surface area (Å²) in [5.74, 6) is -0.248. The van der Waals surface area contributed by atoms with Crippen molar-refractivity contribution < 1.29 is 37.1 Å². The molecule has 4 heterocycles. The van der Waals surface area contributed by atoms with Gasteiger partial charge in [0.2, 0.25) is 20.9 Å². The molecule has 0 saturated carbocycles. The highest BCUT2D eigenvalue weighted by Crippen LogP contribution is 2.21. The van der Waals surface area contributed by atoms with Crippen LogP contribution in [0.2, 0.25) is 0 Å². The molecule has 2 aromatic heterocycles. The molecular formula is C42H56N10O8S. The second-order valence-corrected chi connectivity index (χ2v) is 16.4. The lowest BCUT2D eigenvalue weighted by molar-refractivity contribution is 0.0969. The predicted octanol–water partition coefficient (Wildman–Crippen LogP) is 4.59. The number of carbonyl (C=O) groups excluding carboxylic acids is 4. The number of piperidine rings is 2. The maximum absolute atomic E-state index is 12.7. The Kier molecular flexibility index (Phi) is 17.4. The Labute approximate surface area is 356 Å². The first kappa shape index (κ1) is 47.5. The van der Waals surface area contributed by atoms with E-state index in [1.807, 2.05) is 38.1 Å². The minimum atomic E-state index is -3.55. The third kappa shape index (κ3) is 13.1. The number of sulfone groups is 1. The van der Waals surface area contributed by atoms with E-state index >= 15 is 0 Å². The Morgan fingerprint density at radius 3 is 1.56 bits per heavy atom. The molecule has 0 spiro atoms. The van der Waals surface area contributed by atoms with Gasteiger partial charge in [-0.2, -0.15) is 4.98 Å². The molecule has 19 heteroatoms. The summed E-state index contributed by atoms with van der Waals surface area (Å²) in [7, 11) is -3.55. The topological polar surface area (TPSA) is 269 Å². The number of hydrogen-bond acceptors (Lipinski definition) is 16. The first-order valence-corrected chi connectivity index (χ1v) is 21.8. The zero-order valence-electron chi connectivity index (χ0n) is 35.3. The molecule has 2 saturated heterocycles. The second-order valence-electron chi connectivity index (χ2n) is 14.3. The van der Waals surface area contributed by atoms with E-state index in [0.717, 1.165) is 49.9 Å². The Hall–Kier alpha value is -6.21. The fourth-order valence-corrected chi connectivity index (χ4v) is 7.03. The number of nitrogens with one attached hydrogen (secondary N) is 1. The van der Waals surface area contributed by atoms with Gasteiger partial charge in [0.1, 0.15) is 11.6 Å². The second kappa shape index (κ2) is 22.4. The number of aromatic nitrogens is 4. The van der Waals surface area contributed by atoms with Gasteiger partial charge in [0.15, 0.2) is 11.6 Å². The lowest BCUT2D eigenvalue weighted by Crippen LogP contribution is -2.43. The molecule has 2 amide bonds. The highest BCUT2D eigenvalue weighted by molar-refractivity contribution is 7.91. The summed E-state index contributed by atoms with van der Waals surface area (Å²) in [6, 6.07) is 14.8. The molecule has 7 N–H and O–H groups in total. The number of anilines is 3. The number of rotatable bonds is 10. The number of nitrogens with two attached hydrogens (primary N) is 3. The van der Waals surface area contributed by atoms with Crippen molar-refractivity contribution in [2.75, 3.05) is 61.9 Å². The van der Waals surface area contributed by atoms with Crippen molar-refractivity contribution in [3.8, 4) is 0 Å². The lowest BCUT2D eigenvalue weighted by atomic mass is 10.0. The van der Waals surface area contributed by atoms with Gasteiger partial charge in [-0.3, -0.25) is 9.59 Å². The Morgan fingerprint density at radius 1 is 0.689 bits per heavy atom. The fraction of sp³-hybridized carbons (Fsp3) is 0.429. The summed E-state index contributed by atoms with van der Waals surface area (Å²) in [6.45, 7) is 12.3. The number of aryl methyl sites for hydroxylation is 2. The van der Waals surface area contributed by atoms with Gasteiger partial charge in [0.25, 0.3) is 0 Å². The molecule has 2 aliphatic rings. The molecule has 0 bridgehead atoms. The molecule has 0 unspecified atom stereocenters. The van der Waals surface area contributed by atoms with E-state index in [1.54, 1.807) is 47.9 Å². The number of nitrogen functional groups attached to an aromatic ring is 2. The minimum absolute atomic E-state index is 0.0966. The number of benzene rings is 2. The monoisotopic (exact) mass is 860 g/mol. The number of amides is 2. The predicted molar refractivity (Wildman–Crippen MR) is 231 cm³/mol. The Bertz CT molecular complexity index is 2260. The Balaban J connectivity index is 0.000000218. The third-order valence-corrected chi connectivity index (χ3v) is 11.5. The standard InChI is InChI=1S/C20H25N5O3.C14H15N3O3S.C8H16N2O2/c1-3-28-20(27)25-10-8-14(9-11-25)23-19-22-12-16(18(21)24-19)17(26)15-7-5-4-6-13(15)2;1-3-21(19,20)14-16-8-11(13(15)17-14)12(18)10-7-5-4-6-9(10)2;1-2-12-8(11)10-5-3-7(9)4-6-10/h4-7,12,14H,3,8-11H2,1-2H3,(H3,21,22,23,24);4-8H,3H2,1-2H3,(H2,15,16,17);7H,2-6,9H2,1H3. The first-order chi connectivity index (χ1) is 29.1. The lowest BCUT2D eigenvalue weighted by Gasteiger charge is -2.31. The zero-order valence-corrected chi connectivity index (χ0v) is 36.1. The van der Waals surface area contributed by atoms with Gasteiger partial charge in [-0.25, -0.2) is 33.0 Å². The average molecular weight is 861 g/mol. The fourth-order valence-electron chi connectivity index (χ4n) is 6.32. The van der Waals surface area contributed by atoms with Gasteiger partial charge >= 0.3 is 12.2 Å². The van der Waals surface area contributed by atoms with Crippen LogP contribution < -0.4 is 22.5 Å². The van der Waals surface area contributed by atoms with Gasteiger partial charge < -0.3 is 41.8 Å². The van der Waals surface area contributed by atoms with Crippen molar-refractivity contribution in [1.82, 2.24) is 29.7 Å². The number of ketones is 2. The van der Waals surface area contributed by atoms with Crippen molar-refractivity contribution in [1.29, 1.82) is 0 Å². The van der Waals surface area contributed by atoms with Crippen molar-refractivity contribution in [2.45, 2.75) is 77.5 Å². The van der Waals surface area contributed by atoms with E-state index in [2.05, 4.69) is 25.3 Å². The van der Waals surface area contributed by atoms with Gasteiger partial charge in [0, 0.05) is 61.8 Å². The molecule has 2 aliphatic heterocycles. The number of ether oxygens (including phenoxy) is 2. The number of nitrogens with zero attached hydrogens (tertiary/aromatic N) is 6. The van der Waals surface area contributed by atoms with Crippen LogP contribution >= 0.6 is 0 Å². The van der Waals surface area contributed by atoms with E-state index in [-0.39, 0.29) is 69.5 Å². The van der Waals surface area contributed by atoms with Crippen LogP contribution in [0.5, 0.6) is 0 Å². The van der Waals surface area contributed by atoms with Crippen molar-refractivity contribution in [3.05, 3.63) is 94.3 Å². The highest BCUT2D eigenvalue weighted by atomic mass is 32.2. The van der Waals surface area contributed by atoms with Crippen LogP contribution in [-0.4, -0.2) is 119 Å². The molecule has 2 fully saturated rings. The van der Waals surface area contributed by atoms with E-state index in [0.29, 0.717) is 43.4 Å². The van der Waals surface area contributed by atoms with Crippen LogP contribution in [0.1, 0.15) is 89.4 Å². The summed E-state index contributed by atoms with van der Waals surface area (Å²) >= 11 is 0.